The monoisotopic (exact) mass is 268 g/mol. The molecule has 0 radical (unpaired) electrons. The first-order valence-corrected chi connectivity index (χ1v) is 7.73. The SMILES string of the molecule is Cc1nc(CCCN2CCCC(C)(CO)C2)cs1. The average Bonchev–Trinajstić information content (AvgIpc) is 2.75. The molecule has 1 aromatic heterocycles. The summed E-state index contributed by atoms with van der Waals surface area (Å²) in [6.07, 6.45) is 4.62. The lowest BCUT2D eigenvalue weighted by Crippen LogP contribution is -2.43. The number of likely N-dealkylation sites (tertiary alicyclic amines) is 1. The largest absolute Gasteiger partial charge is 0.396 e. The minimum Gasteiger partial charge on any atom is -0.396 e. The van der Waals surface area contributed by atoms with E-state index in [0.717, 1.165) is 30.9 Å². The minimum atomic E-state index is 0.121. The van der Waals surface area contributed by atoms with E-state index in [1.54, 1.807) is 11.3 Å². The molecular weight excluding hydrogens is 244 g/mol. The standard InChI is InChI=1S/C14H24N2OS/c1-12-15-13(9-18-12)5-3-7-16-8-4-6-14(2,10-16)11-17/h9,17H,3-8,10-11H2,1-2H3. The Labute approximate surface area is 114 Å². The van der Waals surface area contributed by atoms with Crippen molar-refractivity contribution in [3.8, 4) is 0 Å². The van der Waals surface area contributed by atoms with Crippen LogP contribution in [0.15, 0.2) is 5.38 Å². The second-order valence-corrected chi connectivity index (χ2v) is 6.87. The summed E-state index contributed by atoms with van der Waals surface area (Å²) in [5, 5.41) is 12.8. The Balaban J connectivity index is 1.73. The van der Waals surface area contributed by atoms with Crippen molar-refractivity contribution in [1.29, 1.82) is 0 Å². The van der Waals surface area contributed by atoms with Crippen molar-refractivity contribution in [1.82, 2.24) is 9.88 Å². The molecule has 1 saturated heterocycles. The maximum Gasteiger partial charge on any atom is 0.0897 e. The van der Waals surface area contributed by atoms with Gasteiger partial charge in [0.25, 0.3) is 0 Å². The van der Waals surface area contributed by atoms with Gasteiger partial charge in [-0.1, -0.05) is 6.92 Å². The summed E-state index contributed by atoms with van der Waals surface area (Å²) in [6, 6.07) is 0. The van der Waals surface area contributed by atoms with Gasteiger partial charge in [-0.15, -0.1) is 11.3 Å². The average molecular weight is 268 g/mol. The number of hydrogen-bond donors (Lipinski definition) is 1. The molecule has 0 spiro atoms. The van der Waals surface area contributed by atoms with E-state index in [-0.39, 0.29) is 5.41 Å². The summed E-state index contributed by atoms with van der Waals surface area (Å²) in [5.41, 5.74) is 1.36. The molecule has 1 N–H and O–H groups in total. The van der Waals surface area contributed by atoms with Crippen molar-refractivity contribution in [2.75, 3.05) is 26.2 Å². The van der Waals surface area contributed by atoms with Gasteiger partial charge in [0, 0.05) is 23.9 Å². The molecule has 1 aromatic rings. The number of aryl methyl sites for hydroxylation is 2. The van der Waals surface area contributed by atoms with E-state index in [4.69, 9.17) is 0 Å². The summed E-state index contributed by atoms with van der Waals surface area (Å²) in [7, 11) is 0. The third kappa shape index (κ3) is 3.77. The Morgan fingerprint density at radius 1 is 1.56 bits per heavy atom. The van der Waals surface area contributed by atoms with Crippen molar-refractivity contribution in [3.63, 3.8) is 0 Å². The molecule has 1 atom stereocenters. The van der Waals surface area contributed by atoms with E-state index >= 15 is 0 Å². The molecule has 0 aromatic carbocycles. The third-order valence-electron chi connectivity index (χ3n) is 3.82. The van der Waals surface area contributed by atoms with Gasteiger partial charge in [-0.25, -0.2) is 4.98 Å². The molecule has 0 aliphatic carbocycles. The van der Waals surface area contributed by atoms with Crippen LogP contribution in [0.1, 0.15) is 36.9 Å². The first-order chi connectivity index (χ1) is 8.61. The lowest BCUT2D eigenvalue weighted by molar-refractivity contribution is 0.0462. The zero-order valence-corrected chi connectivity index (χ0v) is 12.3. The van der Waals surface area contributed by atoms with Gasteiger partial charge in [0.1, 0.15) is 0 Å². The fraction of sp³-hybridized carbons (Fsp3) is 0.786. The minimum absolute atomic E-state index is 0.121. The van der Waals surface area contributed by atoms with Crippen molar-refractivity contribution in [3.05, 3.63) is 16.1 Å². The highest BCUT2D eigenvalue weighted by Gasteiger charge is 2.29. The van der Waals surface area contributed by atoms with E-state index in [0.29, 0.717) is 6.61 Å². The molecule has 0 amide bonds. The first kappa shape index (κ1) is 14.0. The molecule has 1 fully saturated rings. The Morgan fingerprint density at radius 2 is 2.39 bits per heavy atom. The van der Waals surface area contributed by atoms with Crippen molar-refractivity contribution in [2.45, 2.75) is 39.5 Å². The molecule has 1 unspecified atom stereocenters. The summed E-state index contributed by atoms with van der Waals surface area (Å²) < 4.78 is 0. The van der Waals surface area contributed by atoms with Crippen LogP contribution in [-0.2, 0) is 6.42 Å². The lowest BCUT2D eigenvalue weighted by Gasteiger charge is -2.39. The number of nitrogens with zero attached hydrogens (tertiary/aromatic N) is 2. The predicted octanol–water partition coefficient (Wildman–Crippen LogP) is 2.48. The Hall–Kier alpha value is -0.450. The molecule has 1 aliphatic rings. The zero-order valence-electron chi connectivity index (χ0n) is 11.5. The number of aliphatic hydroxyl groups is 1. The van der Waals surface area contributed by atoms with Crippen molar-refractivity contribution < 1.29 is 5.11 Å². The second-order valence-electron chi connectivity index (χ2n) is 5.81. The molecule has 0 bridgehead atoms. The van der Waals surface area contributed by atoms with Gasteiger partial charge in [0.05, 0.1) is 10.7 Å². The van der Waals surface area contributed by atoms with Gasteiger partial charge in [0.2, 0.25) is 0 Å². The summed E-state index contributed by atoms with van der Waals surface area (Å²) >= 11 is 1.74. The molecule has 2 rings (SSSR count). The van der Waals surface area contributed by atoms with Gasteiger partial charge in [0.15, 0.2) is 0 Å². The van der Waals surface area contributed by atoms with Crippen molar-refractivity contribution >= 4 is 11.3 Å². The van der Waals surface area contributed by atoms with Crippen LogP contribution in [0.3, 0.4) is 0 Å². The number of aliphatic hydroxyl groups excluding tert-OH is 1. The van der Waals surface area contributed by atoms with E-state index in [1.807, 2.05) is 0 Å². The zero-order chi connectivity index (χ0) is 13.0. The van der Waals surface area contributed by atoms with E-state index in [2.05, 4.69) is 29.1 Å². The maximum absolute atomic E-state index is 9.44. The van der Waals surface area contributed by atoms with Crippen LogP contribution in [-0.4, -0.2) is 41.2 Å². The van der Waals surface area contributed by atoms with Crippen LogP contribution in [0.25, 0.3) is 0 Å². The molecule has 4 heteroatoms. The molecule has 3 nitrogen and oxygen atoms in total. The normalized spacial score (nSPS) is 25.5. The number of rotatable bonds is 5. The quantitative estimate of drug-likeness (QED) is 0.891. The van der Waals surface area contributed by atoms with Crippen LogP contribution in [0, 0.1) is 12.3 Å². The van der Waals surface area contributed by atoms with Crippen LogP contribution in [0.4, 0.5) is 0 Å². The van der Waals surface area contributed by atoms with Crippen molar-refractivity contribution in [2.24, 2.45) is 5.41 Å². The second kappa shape index (κ2) is 6.13. The number of aromatic nitrogens is 1. The molecule has 2 heterocycles. The summed E-state index contributed by atoms with van der Waals surface area (Å²) in [5.74, 6) is 0. The van der Waals surface area contributed by atoms with E-state index < -0.39 is 0 Å². The highest BCUT2D eigenvalue weighted by molar-refractivity contribution is 7.09. The third-order valence-corrected chi connectivity index (χ3v) is 4.64. The smallest absolute Gasteiger partial charge is 0.0897 e. The first-order valence-electron chi connectivity index (χ1n) is 6.85. The maximum atomic E-state index is 9.44. The van der Waals surface area contributed by atoms with Gasteiger partial charge < -0.3 is 10.0 Å². The van der Waals surface area contributed by atoms with Crippen LogP contribution >= 0.6 is 11.3 Å². The highest BCUT2D eigenvalue weighted by atomic mass is 32.1. The molecule has 1 aliphatic heterocycles. The van der Waals surface area contributed by atoms with Gasteiger partial charge >= 0.3 is 0 Å². The number of thiazole rings is 1. The van der Waals surface area contributed by atoms with Crippen LogP contribution < -0.4 is 0 Å². The van der Waals surface area contributed by atoms with Gasteiger partial charge in [-0.3, -0.25) is 0 Å². The fourth-order valence-electron chi connectivity index (χ4n) is 2.75. The van der Waals surface area contributed by atoms with E-state index in [1.165, 1.54) is 25.1 Å². The Bertz CT molecular complexity index is 380. The van der Waals surface area contributed by atoms with Gasteiger partial charge in [-0.05, 0) is 45.7 Å². The molecule has 18 heavy (non-hydrogen) atoms. The predicted molar refractivity (Wildman–Crippen MR) is 76.0 cm³/mol. The molecule has 102 valence electrons. The summed E-state index contributed by atoms with van der Waals surface area (Å²) in [6.45, 7) is 7.93. The molecular formula is C14H24N2OS. The van der Waals surface area contributed by atoms with Crippen LogP contribution in [0.2, 0.25) is 0 Å². The van der Waals surface area contributed by atoms with Crippen LogP contribution in [0.5, 0.6) is 0 Å². The summed E-state index contributed by atoms with van der Waals surface area (Å²) in [4.78, 5) is 7.00. The molecule has 0 saturated carbocycles. The fourth-order valence-corrected chi connectivity index (χ4v) is 3.40. The van der Waals surface area contributed by atoms with Gasteiger partial charge in [-0.2, -0.15) is 0 Å². The topological polar surface area (TPSA) is 36.4 Å². The number of hydrogen-bond acceptors (Lipinski definition) is 4. The number of piperidine rings is 1. The Kier molecular flexibility index (Phi) is 4.76. The highest BCUT2D eigenvalue weighted by Crippen LogP contribution is 2.28. The lowest BCUT2D eigenvalue weighted by atomic mass is 9.83. The van der Waals surface area contributed by atoms with E-state index in [9.17, 15) is 5.11 Å². The Morgan fingerprint density at radius 3 is 3.06 bits per heavy atom.